The van der Waals surface area contributed by atoms with Gasteiger partial charge in [0.1, 0.15) is 11.4 Å². The molecule has 0 spiro atoms. The van der Waals surface area contributed by atoms with E-state index in [4.69, 9.17) is 16.3 Å². The number of fused-ring (bicyclic) bond motifs is 1. The van der Waals surface area contributed by atoms with Crippen molar-refractivity contribution < 1.29 is 4.74 Å². The van der Waals surface area contributed by atoms with Crippen LogP contribution in [-0.2, 0) is 13.0 Å². The highest BCUT2D eigenvalue weighted by molar-refractivity contribution is 9.10. The van der Waals surface area contributed by atoms with E-state index in [9.17, 15) is 0 Å². The Balaban J connectivity index is 1.80. The third-order valence-corrected chi connectivity index (χ3v) is 4.38. The average Bonchev–Trinajstić information content (AvgIpc) is 2.72. The van der Waals surface area contributed by atoms with Gasteiger partial charge in [0.25, 0.3) is 0 Å². The Kier molecular flexibility index (Phi) is 3.89. The summed E-state index contributed by atoms with van der Waals surface area (Å²) in [5.41, 5.74) is 3.25. The van der Waals surface area contributed by atoms with Gasteiger partial charge in [0, 0.05) is 23.0 Å². The molecule has 2 nitrogen and oxygen atoms in total. The van der Waals surface area contributed by atoms with Gasteiger partial charge < -0.3 is 10.1 Å². The predicted molar refractivity (Wildman–Crippen MR) is 91.3 cm³/mol. The molecule has 110 valence electrons. The minimum Gasteiger partial charge on any atom is -0.487 e. The maximum atomic E-state index is 6.23. The summed E-state index contributed by atoms with van der Waals surface area (Å²) < 4.78 is 7.06. The Morgan fingerprint density at radius 3 is 2.86 bits per heavy atom. The van der Waals surface area contributed by atoms with E-state index in [1.807, 2.05) is 18.2 Å². The van der Waals surface area contributed by atoms with E-state index in [0.717, 1.165) is 27.9 Å². The molecule has 4 heteroatoms. The molecule has 1 aliphatic rings. The molecule has 0 aromatic heterocycles. The molecule has 0 atom stereocenters. The largest absolute Gasteiger partial charge is 0.487 e. The molecule has 0 bridgehead atoms. The zero-order valence-corrected chi connectivity index (χ0v) is 14.4. The lowest BCUT2D eigenvalue weighted by molar-refractivity contribution is 0.137. The fourth-order valence-corrected chi connectivity index (χ4v) is 3.38. The fourth-order valence-electron chi connectivity index (χ4n) is 2.64. The van der Waals surface area contributed by atoms with Gasteiger partial charge in [-0.2, -0.15) is 0 Å². The van der Waals surface area contributed by atoms with Gasteiger partial charge in [-0.05, 0) is 37.6 Å². The van der Waals surface area contributed by atoms with Gasteiger partial charge in [0.05, 0.1) is 10.7 Å². The summed E-state index contributed by atoms with van der Waals surface area (Å²) in [6.07, 6.45) is 0.954. The maximum absolute atomic E-state index is 6.23. The molecular formula is C17H17BrClNO. The quantitative estimate of drug-likeness (QED) is 0.782. The minimum atomic E-state index is -0.117. The summed E-state index contributed by atoms with van der Waals surface area (Å²) in [5, 5.41) is 4.09. The molecule has 1 N–H and O–H groups in total. The Hall–Kier alpha value is -1.19. The maximum Gasteiger partial charge on any atom is 0.128 e. The van der Waals surface area contributed by atoms with Crippen LogP contribution in [0.25, 0.3) is 0 Å². The van der Waals surface area contributed by atoms with E-state index in [1.54, 1.807) is 0 Å². The van der Waals surface area contributed by atoms with Crippen molar-refractivity contribution in [1.29, 1.82) is 0 Å². The van der Waals surface area contributed by atoms with Crippen LogP contribution < -0.4 is 10.1 Å². The standard InChI is InChI=1S/C17H17BrClNO/c1-17(2)9-11-4-3-5-12(16(11)21-17)10-20-15-7-6-13(18)8-14(15)19/h3-8,20H,9-10H2,1-2H3. The highest BCUT2D eigenvalue weighted by Gasteiger charge is 2.31. The molecule has 0 unspecified atom stereocenters. The first-order valence-electron chi connectivity index (χ1n) is 6.93. The minimum absolute atomic E-state index is 0.117. The molecular weight excluding hydrogens is 350 g/mol. The fraction of sp³-hybridized carbons (Fsp3) is 0.294. The van der Waals surface area contributed by atoms with Crippen molar-refractivity contribution in [1.82, 2.24) is 0 Å². The number of halogens is 2. The van der Waals surface area contributed by atoms with E-state index >= 15 is 0 Å². The topological polar surface area (TPSA) is 21.3 Å². The van der Waals surface area contributed by atoms with Crippen LogP contribution >= 0.6 is 27.5 Å². The predicted octanol–water partition coefficient (Wildman–Crippen LogP) is 5.43. The second kappa shape index (κ2) is 5.54. The number of benzene rings is 2. The molecule has 2 aromatic carbocycles. The Morgan fingerprint density at radius 2 is 2.10 bits per heavy atom. The molecule has 2 aromatic rings. The summed E-state index contributed by atoms with van der Waals surface area (Å²) in [6.45, 7) is 4.94. The van der Waals surface area contributed by atoms with E-state index in [0.29, 0.717) is 11.6 Å². The molecule has 0 fully saturated rings. The second-order valence-corrected chi connectivity index (χ2v) is 7.24. The van der Waals surface area contributed by atoms with Crippen molar-refractivity contribution in [3.05, 3.63) is 57.0 Å². The van der Waals surface area contributed by atoms with Gasteiger partial charge in [0.15, 0.2) is 0 Å². The van der Waals surface area contributed by atoms with Crippen molar-refractivity contribution >= 4 is 33.2 Å². The molecule has 0 aliphatic carbocycles. The average molecular weight is 367 g/mol. The van der Waals surface area contributed by atoms with Crippen LogP contribution in [0.4, 0.5) is 5.69 Å². The summed E-state index contributed by atoms with van der Waals surface area (Å²) in [7, 11) is 0. The first kappa shape index (κ1) is 14.7. The second-order valence-electron chi connectivity index (χ2n) is 5.92. The number of hydrogen-bond acceptors (Lipinski definition) is 2. The normalized spacial score (nSPS) is 15.4. The van der Waals surface area contributed by atoms with Crippen LogP contribution in [0.2, 0.25) is 5.02 Å². The lowest BCUT2D eigenvalue weighted by Gasteiger charge is -2.18. The molecule has 0 saturated heterocycles. The van der Waals surface area contributed by atoms with E-state index in [1.165, 1.54) is 5.56 Å². The van der Waals surface area contributed by atoms with E-state index in [2.05, 4.69) is 53.3 Å². The lowest BCUT2D eigenvalue weighted by atomic mass is 10.0. The van der Waals surface area contributed by atoms with E-state index < -0.39 is 0 Å². The van der Waals surface area contributed by atoms with Crippen LogP contribution in [-0.4, -0.2) is 5.60 Å². The SMILES string of the molecule is CC1(C)Cc2cccc(CNc3ccc(Br)cc3Cl)c2O1. The van der Waals surface area contributed by atoms with Gasteiger partial charge >= 0.3 is 0 Å². The highest BCUT2D eigenvalue weighted by atomic mass is 79.9. The number of para-hydroxylation sites is 1. The number of hydrogen-bond donors (Lipinski definition) is 1. The van der Waals surface area contributed by atoms with Crippen molar-refractivity contribution in [3.63, 3.8) is 0 Å². The zero-order valence-electron chi connectivity index (χ0n) is 12.0. The summed E-state index contributed by atoms with van der Waals surface area (Å²) in [6, 6.07) is 12.2. The number of nitrogens with one attached hydrogen (secondary N) is 1. The van der Waals surface area contributed by atoms with Gasteiger partial charge in [-0.3, -0.25) is 0 Å². The molecule has 21 heavy (non-hydrogen) atoms. The van der Waals surface area contributed by atoms with Crippen LogP contribution in [0.1, 0.15) is 25.0 Å². The molecule has 0 amide bonds. The van der Waals surface area contributed by atoms with Crippen molar-refractivity contribution in [2.45, 2.75) is 32.4 Å². The smallest absolute Gasteiger partial charge is 0.128 e. The molecule has 3 rings (SSSR count). The van der Waals surface area contributed by atoms with Gasteiger partial charge in [-0.15, -0.1) is 0 Å². The first-order valence-corrected chi connectivity index (χ1v) is 8.10. The van der Waals surface area contributed by atoms with Gasteiger partial charge in [-0.25, -0.2) is 0 Å². The van der Waals surface area contributed by atoms with E-state index in [-0.39, 0.29) is 5.60 Å². The Labute approximate surface area is 138 Å². The monoisotopic (exact) mass is 365 g/mol. The summed E-state index contributed by atoms with van der Waals surface area (Å²) in [5.74, 6) is 1.02. The summed E-state index contributed by atoms with van der Waals surface area (Å²) in [4.78, 5) is 0. The van der Waals surface area contributed by atoms with Crippen molar-refractivity contribution in [3.8, 4) is 5.75 Å². The third kappa shape index (κ3) is 3.19. The Bertz CT molecular complexity index is 684. The van der Waals surface area contributed by atoms with Crippen molar-refractivity contribution in [2.75, 3.05) is 5.32 Å². The first-order chi connectivity index (χ1) is 9.94. The van der Waals surface area contributed by atoms with Gasteiger partial charge in [0.2, 0.25) is 0 Å². The number of rotatable bonds is 3. The van der Waals surface area contributed by atoms with Crippen LogP contribution in [0.5, 0.6) is 5.75 Å². The zero-order chi connectivity index (χ0) is 15.0. The molecule has 1 aliphatic heterocycles. The summed E-state index contributed by atoms with van der Waals surface area (Å²) >= 11 is 9.65. The number of ether oxygens (including phenoxy) is 1. The lowest BCUT2D eigenvalue weighted by Crippen LogP contribution is -2.25. The van der Waals surface area contributed by atoms with Crippen LogP contribution in [0.3, 0.4) is 0 Å². The Morgan fingerprint density at radius 1 is 1.29 bits per heavy atom. The van der Waals surface area contributed by atoms with Crippen LogP contribution in [0, 0.1) is 0 Å². The third-order valence-electron chi connectivity index (χ3n) is 3.57. The van der Waals surface area contributed by atoms with Crippen LogP contribution in [0.15, 0.2) is 40.9 Å². The highest BCUT2D eigenvalue weighted by Crippen LogP contribution is 2.38. The number of anilines is 1. The molecule has 0 saturated carbocycles. The van der Waals surface area contributed by atoms with Gasteiger partial charge in [-0.1, -0.05) is 45.7 Å². The van der Waals surface area contributed by atoms with Crippen molar-refractivity contribution in [2.24, 2.45) is 0 Å². The molecule has 1 heterocycles. The molecule has 0 radical (unpaired) electrons.